The van der Waals surface area contributed by atoms with E-state index in [1.54, 1.807) is 24.4 Å². The normalized spacial score (nSPS) is 30.8. The molecule has 1 unspecified atom stereocenters. The number of hydrogen-bond donors (Lipinski definition) is 1. The summed E-state index contributed by atoms with van der Waals surface area (Å²) in [6.07, 6.45) is 8.71. The molecule has 9 nitrogen and oxygen atoms in total. The molecule has 0 aliphatic carbocycles. The Bertz CT molecular complexity index is 674. The molecule has 1 N–H and O–H groups in total. The van der Waals surface area contributed by atoms with Crippen LogP contribution in [0.25, 0.3) is 0 Å². The van der Waals surface area contributed by atoms with E-state index in [2.05, 4.69) is 11.7 Å². The van der Waals surface area contributed by atoms with Gasteiger partial charge < -0.3 is 28.9 Å². The molecule has 2 aliphatic rings. The minimum atomic E-state index is -0.635. The molecule has 0 bridgehead atoms. The number of ether oxygens (including phenoxy) is 4. The molecule has 166 valence electrons. The number of nitrogens with zero attached hydrogens (tertiary/aromatic N) is 1. The second-order valence-electron chi connectivity index (χ2n) is 6.87. The molecular weight excluding hydrogens is 394 g/mol. The fourth-order valence-electron chi connectivity index (χ4n) is 2.99. The molecule has 2 rings (SSSR count). The van der Waals surface area contributed by atoms with Crippen LogP contribution in [0.3, 0.4) is 0 Å². The molecule has 6 atom stereocenters. The monoisotopic (exact) mass is 423 g/mol. The van der Waals surface area contributed by atoms with Crippen molar-refractivity contribution in [2.75, 3.05) is 13.2 Å². The molecule has 9 heteroatoms. The Morgan fingerprint density at radius 2 is 1.70 bits per heavy atom. The zero-order chi connectivity index (χ0) is 21.9. The summed E-state index contributed by atoms with van der Waals surface area (Å²) in [6, 6.07) is 0. The van der Waals surface area contributed by atoms with Gasteiger partial charge in [-0.15, -0.1) is 6.58 Å². The van der Waals surface area contributed by atoms with Crippen LogP contribution in [0.4, 0.5) is 0 Å². The number of carbonyl (C=O) groups excluding carboxylic acids is 2. The molecule has 0 saturated heterocycles. The van der Waals surface area contributed by atoms with Gasteiger partial charge in [-0.2, -0.15) is 0 Å². The van der Waals surface area contributed by atoms with Crippen molar-refractivity contribution in [2.45, 2.75) is 63.3 Å². The van der Waals surface area contributed by atoms with E-state index in [1.165, 1.54) is 13.8 Å². The Morgan fingerprint density at radius 1 is 1.03 bits per heavy atom. The zero-order valence-electron chi connectivity index (χ0n) is 17.2. The van der Waals surface area contributed by atoms with Crippen molar-refractivity contribution in [3.8, 4) is 0 Å². The quantitative estimate of drug-likeness (QED) is 0.243. The van der Waals surface area contributed by atoms with Crippen LogP contribution < -0.4 is 0 Å². The van der Waals surface area contributed by atoms with E-state index < -0.39 is 36.4 Å². The Balaban J connectivity index is 1.87. The Hall–Kier alpha value is -2.49. The summed E-state index contributed by atoms with van der Waals surface area (Å²) in [5, 5.41) is 13.4. The molecule has 2 aliphatic heterocycles. The van der Waals surface area contributed by atoms with Gasteiger partial charge in [-0.3, -0.25) is 9.59 Å². The van der Waals surface area contributed by atoms with Crippen LogP contribution in [0, 0.1) is 0 Å². The van der Waals surface area contributed by atoms with E-state index in [0.29, 0.717) is 12.8 Å². The first kappa shape index (κ1) is 23.8. The second kappa shape index (κ2) is 12.3. The third-order valence-electron chi connectivity index (χ3n) is 4.39. The Morgan fingerprint density at radius 3 is 2.33 bits per heavy atom. The highest BCUT2D eigenvalue weighted by Crippen LogP contribution is 2.20. The lowest BCUT2D eigenvalue weighted by atomic mass is 10.1. The van der Waals surface area contributed by atoms with Gasteiger partial charge in [0, 0.05) is 26.5 Å². The minimum Gasteiger partial charge on any atom is -0.463 e. The van der Waals surface area contributed by atoms with Crippen molar-refractivity contribution in [3.05, 3.63) is 37.0 Å². The van der Waals surface area contributed by atoms with Crippen molar-refractivity contribution in [3.63, 3.8) is 0 Å². The van der Waals surface area contributed by atoms with E-state index in [0.717, 1.165) is 0 Å². The van der Waals surface area contributed by atoms with E-state index >= 15 is 0 Å². The first-order valence-electron chi connectivity index (χ1n) is 9.80. The molecule has 0 radical (unpaired) electrons. The maximum absolute atomic E-state index is 11.3. The lowest BCUT2D eigenvalue weighted by Crippen LogP contribution is -2.41. The van der Waals surface area contributed by atoms with Crippen LogP contribution in [0.1, 0.15) is 26.7 Å². The number of esters is 2. The third-order valence-corrected chi connectivity index (χ3v) is 4.39. The maximum Gasteiger partial charge on any atom is 0.303 e. The predicted octanol–water partition coefficient (Wildman–Crippen LogP) is 1.46. The lowest BCUT2D eigenvalue weighted by Gasteiger charge is -2.31. The molecule has 0 saturated carbocycles. The van der Waals surface area contributed by atoms with Crippen LogP contribution in [0.15, 0.2) is 42.1 Å². The number of carbonyl (C=O) groups is 2. The van der Waals surface area contributed by atoms with Crippen molar-refractivity contribution < 1.29 is 38.5 Å². The summed E-state index contributed by atoms with van der Waals surface area (Å²) < 4.78 is 21.7. The van der Waals surface area contributed by atoms with Crippen LogP contribution >= 0.6 is 0 Å². The first-order chi connectivity index (χ1) is 14.4. The van der Waals surface area contributed by atoms with Gasteiger partial charge in [-0.05, 0) is 18.6 Å². The Labute approximate surface area is 175 Å². The van der Waals surface area contributed by atoms with E-state index in [1.807, 2.05) is 12.2 Å². The van der Waals surface area contributed by atoms with Gasteiger partial charge in [0.25, 0.3) is 0 Å². The number of aliphatic hydroxyl groups excluding tert-OH is 1. The smallest absolute Gasteiger partial charge is 0.303 e. The number of rotatable bonds is 10. The molecule has 0 aromatic carbocycles. The molecule has 2 heterocycles. The summed E-state index contributed by atoms with van der Waals surface area (Å²) in [5.74, 6) is -0.899. The Kier molecular flexibility index (Phi) is 9.72. The van der Waals surface area contributed by atoms with Gasteiger partial charge in [-0.25, -0.2) is 0 Å². The lowest BCUT2D eigenvalue weighted by molar-refractivity contribution is -0.163. The summed E-state index contributed by atoms with van der Waals surface area (Å²) in [5.41, 5.74) is 0. The van der Waals surface area contributed by atoms with Crippen molar-refractivity contribution >= 4 is 18.2 Å². The van der Waals surface area contributed by atoms with E-state index in [4.69, 9.17) is 23.8 Å². The highest BCUT2D eigenvalue weighted by atomic mass is 16.7. The van der Waals surface area contributed by atoms with Crippen molar-refractivity contribution in [1.82, 2.24) is 0 Å². The molecular formula is C21H29NO8. The largest absolute Gasteiger partial charge is 0.463 e. The molecule has 0 amide bonds. The molecule has 0 aromatic rings. The molecule has 0 fully saturated rings. The van der Waals surface area contributed by atoms with E-state index in [-0.39, 0.29) is 25.4 Å². The summed E-state index contributed by atoms with van der Waals surface area (Å²) in [7, 11) is 0. The minimum absolute atomic E-state index is 0.0317. The highest BCUT2D eigenvalue weighted by Gasteiger charge is 2.31. The van der Waals surface area contributed by atoms with Gasteiger partial charge >= 0.3 is 11.9 Å². The fraction of sp³-hybridized carbons (Fsp3) is 0.571. The fourth-order valence-corrected chi connectivity index (χ4v) is 2.99. The van der Waals surface area contributed by atoms with Crippen LogP contribution in [0.5, 0.6) is 0 Å². The second-order valence-corrected chi connectivity index (χ2v) is 6.87. The van der Waals surface area contributed by atoms with E-state index in [9.17, 15) is 14.7 Å². The SMILES string of the molecule is C=CC[C@@H]1C=CC(O/N=C/C[C@@H]2C=C[C@H](OC(C)=O)[C@@H](COC(C)=O)O2)[C@@H](CO)O1. The molecule has 0 spiro atoms. The average Bonchev–Trinajstić information content (AvgIpc) is 2.71. The average molecular weight is 423 g/mol. The van der Waals surface area contributed by atoms with Gasteiger partial charge in [0.1, 0.15) is 24.9 Å². The number of hydrogen-bond acceptors (Lipinski definition) is 9. The molecule has 0 aromatic heterocycles. The standard InChI is InChI=1S/C21H29NO8/c1-4-5-16-7-9-19(20(12-23)28-16)30-22-11-10-17-6-8-18(27-15(3)25)21(29-17)13-26-14(2)24/h4,6-9,11,16-21,23H,1,5,10,12-13H2,2-3H3/b22-11+/t16-,17+,18+,19?,20-,21-/m1/s1. The van der Waals surface area contributed by atoms with Crippen LogP contribution in [0.2, 0.25) is 0 Å². The van der Waals surface area contributed by atoms with Crippen molar-refractivity contribution in [1.29, 1.82) is 0 Å². The number of oxime groups is 1. The summed E-state index contributed by atoms with van der Waals surface area (Å²) in [4.78, 5) is 27.8. The third kappa shape index (κ3) is 7.74. The zero-order valence-corrected chi connectivity index (χ0v) is 17.2. The van der Waals surface area contributed by atoms with Crippen LogP contribution in [-0.2, 0) is 33.4 Å². The maximum atomic E-state index is 11.3. The van der Waals surface area contributed by atoms with Gasteiger partial charge in [0.2, 0.25) is 0 Å². The highest BCUT2D eigenvalue weighted by molar-refractivity contribution is 5.67. The first-order valence-corrected chi connectivity index (χ1v) is 9.80. The topological polar surface area (TPSA) is 113 Å². The van der Waals surface area contributed by atoms with Gasteiger partial charge in [0.15, 0.2) is 6.10 Å². The van der Waals surface area contributed by atoms with Crippen LogP contribution in [-0.4, -0.2) is 73.1 Å². The summed E-state index contributed by atoms with van der Waals surface area (Å²) >= 11 is 0. The van der Waals surface area contributed by atoms with Gasteiger partial charge in [0.05, 0.1) is 18.8 Å². The number of aliphatic hydroxyl groups is 1. The van der Waals surface area contributed by atoms with Gasteiger partial charge in [-0.1, -0.05) is 23.4 Å². The predicted molar refractivity (Wildman–Crippen MR) is 108 cm³/mol. The van der Waals surface area contributed by atoms with Crippen molar-refractivity contribution in [2.24, 2.45) is 5.16 Å². The summed E-state index contributed by atoms with van der Waals surface area (Å²) in [6.45, 7) is 6.05. The molecule has 30 heavy (non-hydrogen) atoms.